The highest BCUT2D eigenvalue weighted by atomic mass is 35.5. The molecule has 0 bridgehead atoms. The first kappa shape index (κ1) is 10.5. The lowest BCUT2D eigenvalue weighted by Crippen LogP contribution is -2.03. The van der Waals surface area contributed by atoms with Gasteiger partial charge in [0.25, 0.3) is 0 Å². The van der Waals surface area contributed by atoms with Crippen LogP contribution in [0.1, 0.15) is 19.2 Å². The molecule has 0 unspecified atom stereocenters. The smallest absolute Gasteiger partial charge is 0.109 e. The summed E-state index contributed by atoms with van der Waals surface area (Å²) in [7, 11) is 0. The van der Waals surface area contributed by atoms with Crippen LogP contribution in [-0.2, 0) is 13.0 Å². The average molecular weight is 223 g/mol. The van der Waals surface area contributed by atoms with E-state index in [4.69, 9.17) is 11.6 Å². The van der Waals surface area contributed by atoms with E-state index in [-0.39, 0.29) is 0 Å². The molecule has 0 spiro atoms. The number of alkyl halides is 1. The Labute approximate surface area is 94.9 Å². The van der Waals surface area contributed by atoms with Gasteiger partial charge in [-0.2, -0.15) is 0 Å². The van der Waals surface area contributed by atoms with Crippen LogP contribution in [-0.4, -0.2) is 15.4 Å². The fourth-order valence-corrected chi connectivity index (χ4v) is 1.98. The third-order valence-corrected chi connectivity index (χ3v) is 2.83. The Kier molecular flexibility index (Phi) is 3.27. The van der Waals surface area contributed by atoms with Crippen molar-refractivity contribution in [2.75, 3.05) is 5.88 Å². The number of para-hydroxylation sites is 2. The summed E-state index contributed by atoms with van der Waals surface area (Å²) in [6.45, 7) is 3.10. The minimum Gasteiger partial charge on any atom is -0.328 e. The number of halogens is 1. The highest BCUT2D eigenvalue weighted by Crippen LogP contribution is 2.16. The largest absolute Gasteiger partial charge is 0.328 e. The number of nitrogens with zero attached hydrogens (tertiary/aromatic N) is 2. The van der Waals surface area contributed by atoms with Crippen molar-refractivity contribution in [2.24, 2.45) is 0 Å². The summed E-state index contributed by atoms with van der Waals surface area (Å²) in [5.41, 5.74) is 2.31. The fraction of sp³-hybridized carbons (Fsp3) is 0.417. The monoisotopic (exact) mass is 222 g/mol. The quantitative estimate of drug-likeness (QED) is 0.727. The molecule has 1 aromatic carbocycles. The van der Waals surface area contributed by atoms with Crippen molar-refractivity contribution in [3.8, 4) is 0 Å². The van der Waals surface area contributed by atoms with Crippen molar-refractivity contribution in [3.63, 3.8) is 0 Å². The van der Waals surface area contributed by atoms with E-state index in [2.05, 4.69) is 34.7 Å². The van der Waals surface area contributed by atoms with Gasteiger partial charge in [-0.3, -0.25) is 0 Å². The summed E-state index contributed by atoms with van der Waals surface area (Å²) in [5.74, 6) is 1.86. The van der Waals surface area contributed by atoms with E-state index >= 15 is 0 Å². The van der Waals surface area contributed by atoms with Gasteiger partial charge in [-0.05, 0) is 18.6 Å². The Morgan fingerprint density at radius 3 is 2.87 bits per heavy atom. The molecule has 0 N–H and O–H groups in total. The van der Waals surface area contributed by atoms with Crippen LogP contribution >= 0.6 is 11.6 Å². The van der Waals surface area contributed by atoms with E-state index in [0.717, 1.165) is 30.7 Å². The van der Waals surface area contributed by atoms with Crippen LogP contribution < -0.4 is 0 Å². The van der Waals surface area contributed by atoms with E-state index in [9.17, 15) is 0 Å². The number of hydrogen-bond donors (Lipinski definition) is 0. The van der Waals surface area contributed by atoms with Crippen molar-refractivity contribution in [3.05, 3.63) is 30.1 Å². The first-order valence-electron chi connectivity index (χ1n) is 5.37. The molecule has 2 rings (SSSR count). The first-order chi connectivity index (χ1) is 7.36. The van der Waals surface area contributed by atoms with Crippen LogP contribution in [0.3, 0.4) is 0 Å². The zero-order chi connectivity index (χ0) is 10.7. The van der Waals surface area contributed by atoms with E-state index in [1.165, 1.54) is 5.52 Å². The van der Waals surface area contributed by atoms with Gasteiger partial charge in [0, 0.05) is 18.8 Å². The molecule has 0 saturated carbocycles. The molecule has 1 heterocycles. The molecule has 0 aliphatic heterocycles. The van der Waals surface area contributed by atoms with Crippen LogP contribution in [0.5, 0.6) is 0 Å². The predicted molar refractivity (Wildman–Crippen MR) is 64.4 cm³/mol. The maximum absolute atomic E-state index is 5.73. The maximum Gasteiger partial charge on any atom is 0.109 e. The van der Waals surface area contributed by atoms with Gasteiger partial charge < -0.3 is 4.57 Å². The standard InChI is InChI=1S/C12H15ClN2/c1-2-12-14-10-6-3-4-7-11(10)15(12)9-5-8-13/h3-4,6-7H,2,5,8-9H2,1H3. The van der Waals surface area contributed by atoms with Crippen LogP contribution in [0.15, 0.2) is 24.3 Å². The summed E-state index contributed by atoms with van der Waals surface area (Å²) in [4.78, 5) is 4.60. The second kappa shape index (κ2) is 4.67. The van der Waals surface area contributed by atoms with Crippen molar-refractivity contribution < 1.29 is 0 Å². The van der Waals surface area contributed by atoms with Gasteiger partial charge in [0.05, 0.1) is 11.0 Å². The summed E-state index contributed by atoms with van der Waals surface area (Å²) in [6, 6.07) is 8.27. The Hall–Kier alpha value is -1.02. The molecule has 0 atom stereocenters. The Balaban J connectivity index is 2.47. The van der Waals surface area contributed by atoms with Crippen LogP contribution in [0.25, 0.3) is 11.0 Å². The molecule has 3 heteroatoms. The lowest BCUT2D eigenvalue weighted by atomic mass is 10.3. The maximum atomic E-state index is 5.73. The van der Waals surface area contributed by atoms with Crippen LogP contribution in [0.4, 0.5) is 0 Å². The van der Waals surface area contributed by atoms with E-state index in [1.54, 1.807) is 0 Å². The Bertz CT molecular complexity index is 448. The summed E-state index contributed by atoms with van der Waals surface area (Å²) in [6.07, 6.45) is 1.96. The molecular formula is C12H15ClN2. The predicted octanol–water partition coefficient (Wildman–Crippen LogP) is 3.23. The van der Waals surface area contributed by atoms with Gasteiger partial charge in [0.2, 0.25) is 0 Å². The minimum absolute atomic E-state index is 0.704. The second-order valence-electron chi connectivity index (χ2n) is 3.56. The highest BCUT2D eigenvalue weighted by molar-refractivity contribution is 6.17. The summed E-state index contributed by atoms with van der Waals surface area (Å²) in [5, 5.41) is 0. The Morgan fingerprint density at radius 2 is 2.13 bits per heavy atom. The van der Waals surface area contributed by atoms with E-state index in [1.807, 2.05) is 6.07 Å². The molecule has 0 radical (unpaired) electrons. The van der Waals surface area contributed by atoms with Gasteiger partial charge >= 0.3 is 0 Å². The SMILES string of the molecule is CCc1nc2ccccc2n1CCCCl. The van der Waals surface area contributed by atoms with Gasteiger partial charge in [-0.1, -0.05) is 19.1 Å². The summed E-state index contributed by atoms with van der Waals surface area (Å²) >= 11 is 5.73. The second-order valence-corrected chi connectivity index (χ2v) is 3.94. The van der Waals surface area contributed by atoms with Gasteiger partial charge in [-0.25, -0.2) is 4.98 Å². The number of rotatable bonds is 4. The third kappa shape index (κ3) is 2.00. The average Bonchev–Trinajstić information content (AvgIpc) is 2.64. The molecule has 15 heavy (non-hydrogen) atoms. The van der Waals surface area contributed by atoms with Crippen molar-refractivity contribution in [2.45, 2.75) is 26.3 Å². The molecule has 0 aliphatic carbocycles. The van der Waals surface area contributed by atoms with Crippen LogP contribution in [0.2, 0.25) is 0 Å². The lowest BCUT2D eigenvalue weighted by Gasteiger charge is -2.05. The molecule has 0 fully saturated rings. The number of imidazole rings is 1. The van der Waals surface area contributed by atoms with Gasteiger partial charge in [0.1, 0.15) is 5.82 Å². The molecule has 0 saturated heterocycles. The molecular weight excluding hydrogens is 208 g/mol. The van der Waals surface area contributed by atoms with Gasteiger partial charge in [0.15, 0.2) is 0 Å². The zero-order valence-electron chi connectivity index (χ0n) is 8.91. The number of benzene rings is 1. The highest BCUT2D eigenvalue weighted by Gasteiger charge is 2.07. The van der Waals surface area contributed by atoms with Crippen LogP contribution in [0, 0.1) is 0 Å². The number of aromatic nitrogens is 2. The normalized spacial score (nSPS) is 11.1. The lowest BCUT2D eigenvalue weighted by molar-refractivity contribution is 0.662. The van der Waals surface area contributed by atoms with E-state index < -0.39 is 0 Å². The third-order valence-electron chi connectivity index (χ3n) is 2.57. The Morgan fingerprint density at radius 1 is 1.33 bits per heavy atom. The molecule has 80 valence electrons. The van der Waals surface area contributed by atoms with Gasteiger partial charge in [-0.15, -0.1) is 11.6 Å². The fourth-order valence-electron chi connectivity index (χ4n) is 1.86. The van der Waals surface area contributed by atoms with E-state index in [0.29, 0.717) is 5.88 Å². The van der Waals surface area contributed by atoms with Crippen molar-refractivity contribution >= 4 is 22.6 Å². The minimum atomic E-state index is 0.704. The molecule has 2 aromatic rings. The molecule has 1 aromatic heterocycles. The number of hydrogen-bond acceptors (Lipinski definition) is 1. The summed E-state index contributed by atoms with van der Waals surface area (Å²) < 4.78 is 2.28. The molecule has 2 nitrogen and oxygen atoms in total. The first-order valence-corrected chi connectivity index (χ1v) is 5.90. The van der Waals surface area contributed by atoms with Crippen molar-refractivity contribution in [1.82, 2.24) is 9.55 Å². The topological polar surface area (TPSA) is 17.8 Å². The molecule has 0 amide bonds. The van der Waals surface area contributed by atoms with Crippen molar-refractivity contribution in [1.29, 1.82) is 0 Å². The number of fused-ring (bicyclic) bond motifs is 1. The molecule has 0 aliphatic rings. The zero-order valence-corrected chi connectivity index (χ0v) is 9.67. The number of aryl methyl sites for hydroxylation is 2.